The quantitative estimate of drug-likeness (QED) is 0.852. The van der Waals surface area contributed by atoms with Crippen molar-refractivity contribution in [2.24, 2.45) is 5.92 Å². The Labute approximate surface area is 128 Å². The number of halogens is 1. The fourth-order valence-electron chi connectivity index (χ4n) is 2.06. The van der Waals surface area contributed by atoms with Gasteiger partial charge in [-0.05, 0) is 42.3 Å². The van der Waals surface area contributed by atoms with Crippen molar-refractivity contribution in [2.45, 2.75) is 26.4 Å². The van der Waals surface area contributed by atoms with Crippen LogP contribution in [0, 0.1) is 5.92 Å². The highest BCUT2D eigenvalue weighted by Gasteiger charge is 2.20. The van der Waals surface area contributed by atoms with Gasteiger partial charge in [-0.15, -0.1) is 0 Å². The smallest absolute Gasteiger partial charge is 0.320 e. The van der Waals surface area contributed by atoms with Gasteiger partial charge < -0.3 is 9.52 Å². The second-order valence-corrected chi connectivity index (χ2v) is 5.65. The molecule has 5 heteroatoms. The first-order valence-electron chi connectivity index (χ1n) is 6.78. The van der Waals surface area contributed by atoms with E-state index in [1.54, 1.807) is 12.1 Å². The number of benzene rings is 1. The van der Waals surface area contributed by atoms with Crippen molar-refractivity contribution in [3.8, 4) is 11.3 Å². The number of hydrogen-bond acceptors (Lipinski definition) is 3. The highest BCUT2D eigenvalue weighted by atomic mass is 35.5. The fourth-order valence-corrected chi connectivity index (χ4v) is 2.19. The molecule has 2 N–H and O–H groups in total. The second-order valence-electron chi connectivity index (χ2n) is 5.21. The molecule has 4 nitrogen and oxygen atoms in total. The molecule has 21 heavy (non-hydrogen) atoms. The van der Waals surface area contributed by atoms with Crippen LogP contribution in [0.2, 0.25) is 5.02 Å². The van der Waals surface area contributed by atoms with Crippen molar-refractivity contribution in [1.29, 1.82) is 0 Å². The van der Waals surface area contributed by atoms with E-state index in [4.69, 9.17) is 21.1 Å². The third-order valence-corrected chi connectivity index (χ3v) is 3.47. The van der Waals surface area contributed by atoms with Gasteiger partial charge in [-0.1, -0.05) is 25.4 Å². The minimum atomic E-state index is -0.852. The number of carboxylic acid groups (broad SMARTS) is 1. The van der Waals surface area contributed by atoms with Crippen LogP contribution in [-0.2, 0) is 11.3 Å². The van der Waals surface area contributed by atoms with E-state index in [1.807, 2.05) is 38.1 Å². The molecule has 0 aliphatic rings. The van der Waals surface area contributed by atoms with Gasteiger partial charge in [0.25, 0.3) is 0 Å². The minimum absolute atomic E-state index is 0.00759. The number of carbonyl (C=O) groups is 1. The first-order valence-corrected chi connectivity index (χ1v) is 7.16. The van der Waals surface area contributed by atoms with Crippen molar-refractivity contribution in [1.82, 2.24) is 5.32 Å². The number of aliphatic carboxylic acids is 1. The zero-order chi connectivity index (χ0) is 15.4. The summed E-state index contributed by atoms with van der Waals surface area (Å²) < 4.78 is 5.72. The third-order valence-electron chi connectivity index (χ3n) is 3.22. The number of hydrogen-bond donors (Lipinski definition) is 2. The number of carboxylic acids is 1. The SMILES string of the molecule is CC(C)C(NCc1ccc(-c2ccc(Cl)cc2)o1)C(=O)O. The van der Waals surface area contributed by atoms with Crippen LogP contribution in [-0.4, -0.2) is 17.1 Å². The molecule has 112 valence electrons. The number of rotatable bonds is 6. The van der Waals surface area contributed by atoms with Gasteiger partial charge in [0, 0.05) is 10.6 Å². The number of furan rings is 1. The summed E-state index contributed by atoms with van der Waals surface area (Å²) in [6.07, 6.45) is 0. The molecular formula is C16H18ClNO3. The van der Waals surface area contributed by atoms with Crippen LogP contribution in [0.15, 0.2) is 40.8 Å². The molecule has 0 aliphatic heterocycles. The van der Waals surface area contributed by atoms with Crippen molar-refractivity contribution >= 4 is 17.6 Å². The van der Waals surface area contributed by atoms with E-state index in [-0.39, 0.29) is 5.92 Å². The summed E-state index contributed by atoms with van der Waals surface area (Å²) in [5.41, 5.74) is 0.935. The lowest BCUT2D eigenvalue weighted by Crippen LogP contribution is -2.40. The molecule has 0 aliphatic carbocycles. The van der Waals surface area contributed by atoms with Gasteiger partial charge in [-0.2, -0.15) is 0 Å². The molecule has 0 saturated heterocycles. The summed E-state index contributed by atoms with van der Waals surface area (Å²) in [6, 6.07) is 10.5. The molecule has 0 radical (unpaired) electrons. The molecule has 1 heterocycles. The summed E-state index contributed by atoms with van der Waals surface area (Å²) in [7, 11) is 0. The van der Waals surface area contributed by atoms with E-state index in [1.165, 1.54) is 0 Å². The molecule has 0 amide bonds. The summed E-state index contributed by atoms with van der Waals surface area (Å²) in [5, 5.41) is 12.8. The Kier molecular flexibility index (Phi) is 5.04. The van der Waals surface area contributed by atoms with Crippen LogP contribution < -0.4 is 5.32 Å². The van der Waals surface area contributed by atoms with Crippen LogP contribution in [0.1, 0.15) is 19.6 Å². The highest BCUT2D eigenvalue weighted by molar-refractivity contribution is 6.30. The zero-order valence-corrected chi connectivity index (χ0v) is 12.7. The molecule has 1 aromatic carbocycles. The van der Waals surface area contributed by atoms with E-state index in [0.29, 0.717) is 17.3 Å². The van der Waals surface area contributed by atoms with Crippen molar-refractivity contribution in [3.63, 3.8) is 0 Å². The summed E-state index contributed by atoms with van der Waals surface area (Å²) >= 11 is 5.85. The van der Waals surface area contributed by atoms with Crippen LogP contribution in [0.25, 0.3) is 11.3 Å². The van der Waals surface area contributed by atoms with Gasteiger partial charge in [0.15, 0.2) is 0 Å². The fraction of sp³-hybridized carbons (Fsp3) is 0.312. The summed E-state index contributed by atoms with van der Waals surface area (Å²) in [6.45, 7) is 4.11. The Hall–Kier alpha value is -1.78. The predicted molar refractivity (Wildman–Crippen MR) is 82.3 cm³/mol. The van der Waals surface area contributed by atoms with Gasteiger partial charge in [0.2, 0.25) is 0 Å². The molecule has 2 rings (SSSR count). The lowest BCUT2D eigenvalue weighted by molar-refractivity contribution is -0.140. The zero-order valence-electron chi connectivity index (χ0n) is 12.0. The van der Waals surface area contributed by atoms with Gasteiger partial charge >= 0.3 is 5.97 Å². The molecule has 1 atom stereocenters. The highest BCUT2D eigenvalue weighted by Crippen LogP contribution is 2.23. The average Bonchev–Trinajstić information content (AvgIpc) is 2.87. The van der Waals surface area contributed by atoms with Crippen molar-refractivity contribution < 1.29 is 14.3 Å². The molecule has 0 fully saturated rings. The van der Waals surface area contributed by atoms with E-state index in [2.05, 4.69) is 5.32 Å². The molecule has 0 saturated carbocycles. The monoisotopic (exact) mass is 307 g/mol. The first kappa shape index (κ1) is 15.6. The topological polar surface area (TPSA) is 62.5 Å². The summed E-state index contributed by atoms with van der Waals surface area (Å²) in [5.74, 6) is 0.592. The normalized spacial score (nSPS) is 12.6. The Morgan fingerprint density at radius 2 is 1.90 bits per heavy atom. The molecular weight excluding hydrogens is 290 g/mol. The molecule has 1 unspecified atom stereocenters. The molecule has 0 bridgehead atoms. The van der Waals surface area contributed by atoms with Crippen LogP contribution in [0.3, 0.4) is 0 Å². The van der Waals surface area contributed by atoms with Gasteiger partial charge in [0.1, 0.15) is 17.6 Å². The Morgan fingerprint density at radius 1 is 1.24 bits per heavy atom. The first-order chi connectivity index (χ1) is 9.97. The number of nitrogens with one attached hydrogen (secondary N) is 1. The second kappa shape index (κ2) is 6.78. The van der Waals surface area contributed by atoms with E-state index < -0.39 is 12.0 Å². The standard InChI is InChI=1S/C16H18ClNO3/c1-10(2)15(16(19)20)18-9-13-7-8-14(21-13)11-3-5-12(17)6-4-11/h3-8,10,15,18H,9H2,1-2H3,(H,19,20). The molecule has 2 aromatic rings. The average molecular weight is 308 g/mol. The van der Waals surface area contributed by atoms with Gasteiger partial charge in [0.05, 0.1) is 6.54 Å². The maximum absolute atomic E-state index is 11.1. The maximum atomic E-state index is 11.1. The summed E-state index contributed by atoms with van der Waals surface area (Å²) in [4.78, 5) is 11.1. The maximum Gasteiger partial charge on any atom is 0.320 e. The van der Waals surface area contributed by atoms with E-state index in [9.17, 15) is 4.79 Å². The van der Waals surface area contributed by atoms with E-state index in [0.717, 1.165) is 11.3 Å². The van der Waals surface area contributed by atoms with Crippen LogP contribution in [0.4, 0.5) is 0 Å². The Bertz CT molecular complexity index is 604. The van der Waals surface area contributed by atoms with Crippen molar-refractivity contribution in [3.05, 3.63) is 47.2 Å². The van der Waals surface area contributed by atoms with Crippen LogP contribution >= 0.6 is 11.6 Å². The van der Waals surface area contributed by atoms with Crippen molar-refractivity contribution in [2.75, 3.05) is 0 Å². The minimum Gasteiger partial charge on any atom is -0.480 e. The van der Waals surface area contributed by atoms with Gasteiger partial charge in [-0.25, -0.2) is 0 Å². The lowest BCUT2D eigenvalue weighted by atomic mass is 10.1. The lowest BCUT2D eigenvalue weighted by Gasteiger charge is -2.16. The van der Waals surface area contributed by atoms with E-state index >= 15 is 0 Å². The largest absolute Gasteiger partial charge is 0.480 e. The molecule has 0 spiro atoms. The third kappa shape index (κ3) is 4.09. The Balaban J connectivity index is 2.03. The van der Waals surface area contributed by atoms with Gasteiger partial charge in [-0.3, -0.25) is 10.1 Å². The predicted octanol–water partition coefficient (Wildman–Crippen LogP) is 3.80. The Morgan fingerprint density at radius 3 is 2.48 bits per heavy atom. The molecule has 1 aromatic heterocycles. The van der Waals surface area contributed by atoms with Crippen LogP contribution in [0.5, 0.6) is 0 Å².